The summed E-state index contributed by atoms with van der Waals surface area (Å²) in [7, 11) is 0. The summed E-state index contributed by atoms with van der Waals surface area (Å²) in [5.74, 6) is 2.04. The number of hydrogen-bond donors (Lipinski definition) is 1. The highest BCUT2D eigenvalue weighted by molar-refractivity contribution is 7.99. The first-order valence-electron chi connectivity index (χ1n) is 12.4. The fourth-order valence-electron chi connectivity index (χ4n) is 9.13. The second-order valence-corrected chi connectivity index (χ2v) is 12.8. The largest absolute Gasteiger partial charge is 0.481 e. The Bertz CT molecular complexity index is 768. The summed E-state index contributed by atoms with van der Waals surface area (Å²) < 4.78 is 0. The van der Waals surface area contributed by atoms with Gasteiger partial charge in [0.05, 0.1) is 5.41 Å². The Kier molecular flexibility index (Phi) is 5.00. The lowest BCUT2D eigenvalue weighted by Crippen LogP contribution is -2.63. The number of aliphatic carboxylic acids is 1. The minimum absolute atomic E-state index is 0.181. The fourth-order valence-corrected chi connectivity index (χ4v) is 10.9. The van der Waals surface area contributed by atoms with Gasteiger partial charge < -0.3 is 9.90 Å². The highest BCUT2D eigenvalue weighted by Crippen LogP contribution is 2.83. The van der Waals surface area contributed by atoms with E-state index in [1.54, 1.807) is 0 Å². The average Bonchev–Trinajstić information content (AvgIpc) is 3.30. The Balaban J connectivity index is 1.64. The summed E-state index contributed by atoms with van der Waals surface area (Å²) in [5, 5.41) is 11.7. The third kappa shape index (κ3) is 2.35. The Morgan fingerprint density at radius 1 is 1.20 bits per heavy atom. The molecular formula is C26H38O3S. The molecule has 30 heavy (non-hydrogen) atoms. The van der Waals surface area contributed by atoms with Crippen molar-refractivity contribution in [2.45, 2.75) is 83.8 Å². The number of aldehydes is 1. The van der Waals surface area contributed by atoms with Crippen LogP contribution in [0.1, 0.15) is 78.6 Å². The van der Waals surface area contributed by atoms with Gasteiger partial charge >= 0.3 is 5.97 Å². The molecule has 0 heterocycles. The highest BCUT2D eigenvalue weighted by atomic mass is 32.2. The van der Waals surface area contributed by atoms with Gasteiger partial charge in [-0.25, -0.2) is 0 Å². The SMILES string of the molecule is CC(C)C1=CC2CC3(C=O)[C@@H]4CC[C@@H](C)[C@H]4CC2(CSC2CCCCC2)C13C(=O)O. The normalized spacial score (nSPS) is 47.4. The summed E-state index contributed by atoms with van der Waals surface area (Å²) in [6.07, 6.45) is 14.0. The van der Waals surface area contributed by atoms with Crippen LogP contribution in [0.3, 0.4) is 0 Å². The van der Waals surface area contributed by atoms with Crippen LogP contribution >= 0.6 is 11.8 Å². The highest BCUT2D eigenvalue weighted by Gasteiger charge is 2.84. The number of thioether (sulfide) groups is 1. The maximum absolute atomic E-state index is 13.4. The zero-order valence-electron chi connectivity index (χ0n) is 18.9. The number of carbonyl (C=O) groups is 2. The molecule has 4 unspecified atom stereocenters. The molecule has 0 spiro atoms. The van der Waals surface area contributed by atoms with E-state index in [1.165, 1.54) is 32.1 Å². The molecule has 4 saturated carbocycles. The molecule has 4 heteroatoms. The molecule has 0 aromatic rings. The number of carbonyl (C=O) groups excluding carboxylic acids is 1. The van der Waals surface area contributed by atoms with Crippen LogP contribution in [0.5, 0.6) is 0 Å². The predicted octanol–water partition coefficient (Wildman–Crippen LogP) is 5.98. The van der Waals surface area contributed by atoms with Crippen LogP contribution in [-0.4, -0.2) is 28.4 Å². The molecule has 0 aromatic carbocycles. The molecule has 5 aliphatic rings. The molecule has 7 atom stereocenters. The van der Waals surface area contributed by atoms with Crippen molar-refractivity contribution < 1.29 is 14.7 Å². The van der Waals surface area contributed by atoms with Gasteiger partial charge in [0.2, 0.25) is 0 Å². The van der Waals surface area contributed by atoms with Crippen LogP contribution in [0.25, 0.3) is 0 Å². The van der Waals surface area contributed by atoms with Crippen LogP contribution in [0, 0.1) is 45.8 Å². The first-order chi connectivity index (χ1) is 14.3. The Hall–Kier alpha value is -0.770. The lowest BCUT2D eigenvalue weighted by Gasteiger charge is -2.58. The molecule has 0 aromatic heterocycles. The summed E-state index contributed by atoms with van der Waals surface area (Å²) in [4.78, 5) is 26.4. The summed E-state index contributed by atoms with van der Waals surface area (Å²) in [6, 6.07) is 0. The van der Waals surface area contributed by atoms with Crippen molar-refractivity contribution in [3.05, 3.63) is 11.6 Å². The van der Waals surface area contributed by atoms with Gasteiger partial charge in [-0.05, 0) is 61.7 Å². The van der Waals surface area contributed by atoms with Crippen LogP contribution in [0.4, 0.5) is 0 Å². The van der Waals surface area contributed by atoms with Gasteiger partial charge in [-0.2, -0.15) is 11.8 Å². The molecule has 4 bridgehead atoms. The van der Waals surface area contributed by atoms with Crippen LogP contribution in [0.15, 0.2) is 11.6 Å². The van der Waals surface area contributed by atoms with Crippen molar-refractivity contribution in [2.75, 3.05) is 5.75 Å². The van der Waals surface area contributed by atoms with Crippen molar-refractivity contribution in [2.24, 2.45) is 45.8 Å². The number of allylic oxidation sites excluding steroid dienone is 1. The molecule has 5 rings (SSSR count). The lowest BCUT2D eigenvalue weighted by molar-refractivity contribution is -0.177. The quantitative estimate of drug-likeness (QED) is 0.416. The van der Waals surface area contributed by atoms with E-state index >= 15 is 0 Å². The smallest absolute Gasteiger partial charge is 0.315 e. The van der Waals surface area contributed by atoms with E-state index in [4.69, 9.17) is 0 Å². The van der Waals surface area contributed by atoms with Gasteiger partial charge in [0.15, 0.2) is 0 Å². The van der Waals surface area contributed by atoms with Crippen molar-refractivity contribution >= 4 is 24.0 Å². The zero-order valence-corrected chi connectivity index (χ0v) is 19.7. The fraction of sp³-hybridized carbons (Fsp3) is 0.846. The summed E-state index contributed by atoms with van der Waals surface area (Å²) >= 11 is 2.06. The summed E-state index contributed by atoms with van der Waals surface area (Å²) in [6.45, 7) is 6.63. The van der Waals surface area contributed by atoms with E-state index in [9.17, 15) is 14.7 Å². The Morgan fingerprint density at radius 3 is 2.57 bits per heavy atom. The Morgan fingerprint density at radius 2 is 1.93 bits per heavy atom. The van der Waals surface area contributed by atoms with Crippen molar-refractivity contribution in [3.8, 4) is 0 Å². The minimum atomic E-state index is -0.979. The van der Waals surface area contributed by atoms with E-state index in [2.05, 4.69) is 38.6 Å². The van der Waals surface area contributed by atoms with Crippen LogP contribution in [0.2, 0.25) is 0 Å². The van der Waals surface area contributed by atoms with E-state index in [0.29, 0.717) is 17.1 Å². The van der Waals surface area contributed by atoms with Gasteiger partial charge in [-0.3, -0.25) is 4.79 Å². The number of fused-ring (bicyclic) bond motifs is 2. The molecule has 1 N–H and O–H groups in total. The minimum Gasteiger partial charge on any atom is -0.481 e. The second kappa shape index (κ2) is 7.12. The van der Waals surface area contributed by atoms with E-state index < -0.39 is 16.8 Å². The molecule has 0 amide bonds. The van der Waals surface area contributed by atoms with Gasteiger partial charge in [0.25, 0.3) is 0 Å². The number of carboxylic acids is 1. The number of carboxylic acid groups (broad SMARTS) is 1. The van der Waals surface area contributed by atoms with E-state index in [0.717, 1.165) is 43.3 Å². The standard InChI is InChI=1S/C26H38O3S/c1-16(2)22-11-18-12-24(14-27)21-10-9-17(3)20(21)13-25(18,26(22,24)23(28)29)15-30-19-7-5-4-6-8-19/h11,14,16-21H,4-10,12-13,15H2,1-3H3,(H,28,29)/t17-,18?,20-,21-,24?,25?,26?/m1/s1. The maximum Gasteiger partial charge on any atom is 0.315 e. The molecule has 0 radical (unpaired) electrons. The monoisotopic (exact) mass is 430 g/mol. The third-order valence-electron chi connectivity index (χ3n) is 10.3. The molecule has 0 saturated heterocycles. The molecule has 166 valence electrons. The Labute approximate surface area is 185 Å². The van der Waals surface area contributed by atoms with Crippen molar-refractivity contribution in [1.82, 2.24) is 0 Å². The van der Waals surface area contributed by atoms with Gasteiger partial charge in [0, 0.05) is 16.4 Å². The zero-order chi connectivity index (χ0) is 21.3. The van der Waals surface area contributed by atoms with Crippen molar-refractivity contribution in [3.63, 3.8) is 0 Å². The van der Waals surface area contributed by atoms with E-state index in [1.807, 2.05) is 0 Å². The van der Waals surface area contributed by atoms with Crippen molar-refractivity contribution in [1.29, 1.82) is 0 Å². The lowest BCUT2D eigenvalue weighted by atomic mass is 9.43. The predicted molar refractivity (Wildman–Crippen MR) is 121 cm³/mol. The molecule has 0 aliphatic heterocycles. The molecular weight excluding hydrogens is 392 g/mol. The molecule has 4 fully saturated rings. The maximum atomic E-state index is 13.4. The van der Waals surface area contributed by atoms with Gasteiger partial charge in [-0.15, -0.1) is 0 Å². The average molecular weight is 431 g/mol. The topological polar surface area (TPSA) is 54.4 Å². The molecule has 5 aliphatic carbocycles. The molecule has 3 nitrogen and oxygen atoms in total. The summed E-state index contributed by atoms with van der Waals surface area (Å²) in [5.41, 5.74) is -0.867. The van der Waals surface area contributed by atoms with Crippen LogP contribution in [-0.2, 0) is 9.59 Å². The number of rotatable bonds is 6. The number of hydrogen-bond acceptors (Lipinski definition) is 3. The first kappa shape index (κ1) is 21.1. The second-order valence-electron chi connectivity index (χ2n) is 11.6. The van der Waals surface area contributed by atoms with E-state index in [-0.39, 0.29) is 23.2 Å². The van der Waals surface area contributed by atoms with Gasteiger partial charge in [-0.1, -0.05) is 58.1 Å². The first-order valence-corrected chi connectivity index (χ1v) is 13.4. The van der Waals surface area contributed by atoms with Crippen LogP contribution < -0.4 is 0 Å². The van der Waals surface area contributed by atoms with Gasteiger partial charge in [0.1, 0.15) is 11.7 Å². The third-order valence-corrected chi connectivity index (χ3v) is 11.9.